The number of amides is 2. The molecule has 2 amide bonds. The zero-order chi connectivity index (χ0) is 22.5. The number of nitrogens with zero attached hydrogens (tertiary/aromatic N) is 3. The second kappa shape index (κ2) is 7.51. The normalized spacial score (nSPS) is 21.7. The third-order valence-electron chi connectivity index (χ3n) is 6.76. The number of fused-ring (bicyclic) bond motifs is 2. The van der Waals surface area contributed by atoms with Gasteiger partial charge in [-0.2, -0.15) is 5.10 Å². The molecule has 0 aliphatic carbocycles. The summed E-state index contributed by atoms with van der Waals surface area (Å²) >= 11 is 0. The first-order valence-electron chi connectivity index (χ1n) is 10.9. The minimum Gasteiger partial charge on any atom is -0.497 e. The van der Waals surface area contributed by atoms with Crippen molar-refractivity contribution in [1.82, 2.24) is 14.7 Å². The Bertz CT molecular complexity index is 1220. The van der Waals surface area contributed by atoms with E-state index in [4.69, 9.17) is 4.74 Å². The number of para-hydroxylation sites is 1. The molecule has 1 spiro atoms. The van der Waals surface area contributed by atoms with Gasteiger partial charge in [0.25, 0.3) is 5.91 Å². The van der Waals surface area contributed by atoms with Crippen LogP contribution in [0.1, 0.15) is 46.6 Å². The molecule has 1 N–H and O–H groups in total. The Morgan fingerprint density at radius 1 is 1.25 bits per heavy atom. The Morgan fingerprint density at radius 3 is 2.81 bits per heavy atom. The van der Waals surface area contributed by atoms with Crippen molar-refractivity contribution in [1.29, 1.82) is 0 Å². The molecule has 7 heteroatoms. The van der Waals surface area contributed by atoms with Crippen LogP contribution in [0.4, 0.5) is 5.69 Å². The van der Waals surface area contributed by atoms with E-state index in [1.807, 2.05) is 67.3 Å². The Morgan fingerprint density at radius 2 is 2.06 bits per heavy atom. The van der Waals surface area contributed by atoms with Gasteiger partial charge in [-0.25, -0.2) is 0 Å². The van der Waals surface area contributed by atoms with Crippen molar-refractivity contribution in [2.45, 2.75) is 38.3 Å². The minimum atomic E-state index is -0.854. The number of rotatable bonds is 4. The first-order chi connectivity index (χ1) is 15.5. The van der Waals surface area contributed by atoms with Crippen LogP contribution in [0.25, 0.3) is 0 Å². The predicted molar refractivity (Wildman–Crippen MR) is 121 cm³/mol. The first-order valence-corrected chi connectivity index (χ1v) is 10.9. The van der Waals surface area contributed by atoms with Gasteiger partial charge in [-0.3, -0.25) is 14.3 Å². The van der Waals surface area contributed by atoms with E-state index < -0.39 is 11.5 Å². The van der Waals surface area contributed by atoms with Crippen molar-refractivity contribution in [2.24, 2.45) is 0 Å². The summed E-state index contributed by atoms with van der Waals surface area (Å²) in [7, 11) is 1.62. The summed E-state index contributed by atoms with van der Waals surface area (Å²) in [6.45, 7) is 5.00. The number of aryl methyl sites for hydroxylation is 2. The number of carbonyl (C=O) groups is 2. The molecule has 3 heterocycles. The topological polar surface area (TPSA) is 76.5 Å². The molecule has 1 fully saturated rings. The lowest BCUT2D eigenvalue weighted by Crippen LogP contribution is -2.42. The van der Waals surface area contributed by atoms with E-state index in [2.05, 4.69) is 10.4 Å². The predicted octanol–water partition coefficient (Wildman–Crippen LogP) is 3.70. The lowest BCUT2D eigenvalue weighted by molar-refractivity contribution is -0.121. The van der Waals surface area contributed by atoms with E-state index >= 15 is 0 Å². The van der Waals surface area contributed by atoms with E-state index in [9.17, 15) is 9.59 Å². The van der Waals surface area contributed by atoms with Crippen LogP contribution in [-0.2, 0) is 16.8 Å². The molecule has 5 rings (SSSR count). The molecule has 1 saturated heterocycles. The van der Waals surface area contributed by atoms with Gasteiger partial charge >= 0.3 is 0 Å². The van der Waals surface area contributed by atoms with Crippen LogP contribution in [-0.4, -0.2) is 40.1 Å². The molecule has 1 aromatic heterocycles. The lowest BCUT2D eigenvalue weighted by Gasteiger charge is -2.34. The van der Waals surface area contributed by atoms with Crippen LogP contribution in [0.2, 0.25) is 0 Å². The van der Waals surface area contributed by atoms with Crippen molar-refractivity contribution in [2.75, 3.05) is 19.0 Å². The zero-order valence-electron chi connectivity index (χ0n) is 18.5. The van der Waals surface area contributed by atoms with Gasteiger partial charge < -0.3 is 15.0 Å². The lowest BCUT2D eigenvalue weighted by atomic mass is 9.72. The number of benzene rings is 2. The van der Waals surface area contributed by atoms with Gasteiger partial charge in [0.2, 0.25) is 5.91 Å². The Labute approximate surface area is 187 Å². The Balaban J connectivity index is 1.67. The summed E-state index contributed by atoms with van der Waals surface area (Å²) in [5.41, 5.74) is 3.04. The van der Waals surface area contributed by atoms with Gasteiger partial charge in [0.05, 0.1) is 24.4 Å². The van der Waals surface area contributed by atoms with Gasteiger partial charge in [0.15, 0.2) is 0 Å². The Hall–Kier alpha value is -3.61. The second-order valence-corrected chi connectivity index (χ2v) is 8.38. The third kappa shape index (κ3) is 2.84. The number of likely N-dealkylation sites (tertiary alicyclic amines) is 1. The van der Waals surface area contributed by atoms with Crippen LogP contribution >= 0.6 is 0 Å². The standard InChI is InChI=1S/C25H26N4O3/c1-4-28-15-19(16(2)27-28)23(30)29-13-12-25(20-10-5-6-11-21(20)26-24(25)31)22(29)17-8-7-9-18(14-17)32-3/h5-11,14-15,22H,4,12-13H2,1-3H3,(H,26,31)/t22-,25+/m0/s1. The molecule has 0 radical (unpaired) electrons. The van der Waals surface area contributed by atoms with E-state index in [0.717, 1.165) is 16.8 Å². The molecule has 32 heavy (non-hydrogen) atoms. The third-order valence-corrected chi connectivity index (χ3v) is 6.76. The molecule has 0 unspecified atom stereocenters. The highest BCUT2D eigenvalue weighted by Crippen LogP contribution is 2.55. The number of nitrogens with one attached hydrogen (secondary N) is 1. The van der Waals surface area contributed by atoms with Gasteiger partial charge in [0, 0.05) is 25.0 Å². The average Bonchev–Trinajstić information content (AvgIpc) is 3.48. The summed E-state index contributed by atoms with van der Waals surface area (Å²) in [4.78, 5) is 29.2. The number of hydrogen-bond donors (Lipinski definition) is 1. The van der Waals surface area contributed by atoms with E-state index in [-0.39, 0.29) is 11.8 Å². The van der Waals surface area contributed by atoms with Crippen LogP contribution in [0.15, 0.2) is 54.7 Å². The van der Waals surface area contributed by atoms with Crippen molar-refractivity contribution in [3.05, 3.63) is 77.1 Å². The molecule has 0 saturated carbocycles. The minimum absolute atomic E-state index is 0.0669. The molecule has 0 bridgehead atoms. The van der Waals surface area contributed by atoms with Crippen molar-refractivity contribution in [3.63, 3.8) is 0 Å². The number of ether oxygens (including phenoxy) is 1. The van der Waals surface area contributed by atoms with Gasteiger partial charge in [0.1, 0.15) is 11.2 Å². The monoisotopic (exact) mass is 430 g/mol. The maximum atomic E-state index is 13.8. The van der Waals surface area contributed by atoms with Crippen LogP contribution in [0.5, 0.6) is 5.75 Å². The number of anilines is 1. The van der Waals surface area contributed by atoms with Crippen molar-refractivity contribution >= 4 is 17.5 Å². The largest absolute Gasteiger partial charge is 0.497 e. The van der Waals surface area contributed by atoms with Crippen LogP contribution in [0.3, 0.4) is 0 Å². The number of carbonyl (C=O) groups excluding carboxylic acids is 2. The highest BCUT2D eigenvalue weighted by molar-refractivity contribution is 6.08. The Kier molecular flexibility index (Phi) is 4.77. The van der Waals surface area contributed by atoms with E-state index in [1.165, 1.54) is 0 Å². The van der Waals surface area contributed by atoms with Crippen LogP contribution in [0, 0.1) is 6.92 Å². The highest BCUT2D eigenvalue weighted by atomic mass is 16.5. The fourth-order valence-electron chi connectivity index (χ4n) is 5.23. The summed E-state index contributed by atoms with van der Waals surface area (Å²) in [5, 5.41) is 7.51. The van der Waals surface area contributed by atoms with E-state index in [1.54, 1.807) is 18.0 Å². The molecule has 164 valence electrons. The molecule has 2 atom stereocenters. The summed E-state index contributed by atoms with van der Waals surface area (Å²) in [6.07, 6.45) is 2.35. The summed E-state index contributed by atoms with van der Waals surface area (Å²) in [5.74, 6) is 0.519. The number of aromatic nitrogens is 2. The molecule has 2 aliphatic rings. The first kappa shape index (κ1) is 20.3. The van der Waals surface area contributed by atoms with E-state index in [0.29, 0.717) is 36.5 Å². The van der Waals surface area contributed by atoms with Crippen LogP contribution < -0.4 is 10.1 Å². The van der Waals surface area contributed by atoms with Gasteiger partial charge in [-0.1, -0.05) is 30.3 Å². The number of methoxy groups -OCH3 is 1. The highest BCUT2D eigenvalue weighted by Gasteiger charge is 2.59. The average molecular weight is 431 g/mol. The smallest absolute Gasteiger partial charge is 0.257 e. The maximum absolute atomic E-state index is 13.8. The fraction of sp³-hybridized carbons (Fsp3) is 0.320. The van der Waals surface area contributed by atoms with Gasteiger partial charge in [-0.15, -0.1) is 0 Å². The fourth-order valence-corrected chi connectivity index (χ4v) is 5.23. The molecule has 7 nitrogen and oxygen atoms in total. The number of hydrogen-bond acceptors (Lipinski definition) is 4. The second-order valence-electron chi connectivity index (χ2n) is 8.38. The molecular weight excluding hydrogens is 404 g/mol. The quantitative estimate of drug-likeness (QED) is 0.685. The molecule has 3 aromatic rings. The van der Waals surface area contributed by atoms with Gasteiger partial charge in [-0.05, 0) is 49.6 Å². The SMILES string of the molecule is CCn1cc(C(=O)N2CC[C@]3(C(=O)Nc4ccccc43)[C@@H]2c2cccc(OC)c2)c(C)n1. The zero-order valence-corrected chi connectivity index (χ0v) is 18.5. The molecular formula is C25H26N4O3. The maximum Gasteiger partial charge on any atom is 0.257 e. The summed E-state index contributed by atoms with van der Waals surface area (Å²) < 4.78 is 7.23. The molecule has 2 aliphatic heterocycles. The summed E-state index contributed by atoms with van der Waals surface area (Å²) in [6, 6.07) is 15.0. The van der Waals surface area contributed by atoms with Crippen molar-refractivity contribution in [3.8, 4) is 5.75 Å². The molecule has 2 aromatic carbocycles. The van der Waals surface area contributed by atoms with Crippen molar-refractivity contribution < 1.29 is 14.3 Å².